The Morgan fingerprint density at radius 3 is 2.64 bits per heavy atom. The maximum Gasteiger partial charge on any atom is 0.151 e. The maximum absolute atomic E-state index is 10.8. The van der Waals surface area contributed by atoms with E-state index in [2.05, 4.69) is 15.9 Å². The number of halogens is 1. The first kappa shape index (κ1) is 11.4. The monoisotopic (exact) mass is 256 g/mol. The number of aldehydes is 1. The Hall–Kier alpha value is -0.670. The first-order chi connectivity index (χ1) is 6.61. The minimum Gasteiger partial charge on any atom is -0.371 e. The standard InChI is InChI=1S/C11H13BrO2/c1-11(8-13,14-2)7-9-5-3-4-6-10(9)12/h3-6,8H,7H2,1-2H3. The molecular weight excluding hydrogens is 244 g/mol. The van der Waals surface area contributed by atoms with E-state index >= 15 is 0 Å². The number of carbonyl (C=O) groups excluding carboxylic acids is 1. The predicted molar refractivity (Wildman–Crippen MR) is 59.3 cm³/mol. The molecule has 0 aliphatic carbocycles. The van der Waals surface area contributed by atoms with Crippen LogP contribution in [0, 0.1) is 0 Å². The van der Waals surface area contributed by atoms with Crippen LogP contribution in [0.3, 0.4) is 0 Å². The second-order valence-electron chi connectivity index (χ2n) is 3.40. The summed E-state index contributed by atoms with van der Waals surface area (Å²) >= 11 is 3.44. The smallest absolute Gasteiger partial charge is 0.151 e. The topological polar surface area (TPSA) is 26.3 Å². The molecule has 1 aromatic rings. The summed E-state index contributed by atoms with van der Waals surface area (Å²) in [4.78, 5) is 10.8. The molecule has 0 spiro atoms. The van der Waals surface area contributed by atoms with Crippen LogP contribution in [0.15, 0.2) is 28.7 Å². The van der Waals surface area contributed by atoms with Crippen molar-refractivity contribution in [3.63, 3.8) is 0 Å². The minimum absolute atomic E-state index is 0.578. The van der Waals surface area contributed by atoms with Crippen LogP contribution in [-0.4, -0.2) is 19.0 Å². The Labute approximate surface area is 92.4 Å². The van der Waals surface area contributed by atoms with Crippen molar-refractivity contribution in [2.75, 3.05) is 7.11 Å². The van der Waals surface area contributed by atoms with Gasteiger partial charge in [-0.2, -0.15) is 0 Å². The average Bonchev–Trinajstić information content (AvgIpc) is 2.21. The Bertz CT molecular complexity index is 325. The first-order valence-electron chi connectivity index (χ1n) is 4.36. The predicted octanol–water partition coefficient (Wildman–Crippen LogP) is 2.60. The van der Waals surface area contributed by atoms with E-state index < -0.39 is 5.60 Å². The molecule has 0 heterocycles. The van der Waals surface area contributed by atoms with Gasteiger partial charge in [0, 0.05) is 18.0 Å². The lowest BCUT2D eigenvalue weighted by molar-refractivity contribution is -0.125. The third-order valence-electron chi connectivity index (χ3n) is 2.21. The molecule has 0 radical (unpaired) electrons. The molecular formula is C11H13BrO2. The normalized spacial score (nSPS) is 14.8. The van der Waals surface area contributed by atoms with E-state index in [0.717, 1.165) is 16.3 Å². The van der Waals surface area contributed by atoms with Gasteiger partial charge in [0.1, 0.15) is 5.60 Å². The zero-order chi connectivity index (χ0) is 10.6. The highest BCUT2D eigenvalue weighted by Gasteiger charge is 2.23. The zero-order valence-electron chi connectivity index (χ0n) is 8.29. The van der Waals surface area contributed by atoms with Crippen molar-refractivity contribution in [1.82, 2.24) is 0 Å². The van der Waals surface area contributed by atoms with Gasteiger partial charge in [-0.1, -0.05) is 34.1 Å². The van der Waals surface area contributed by atoms with E-state index in [0.29, 0.717) is 6.42 Å². The summed E-state index contributed by atoms with van der Waals surface area (Å²) in [5, 5.41) is 0. The number of ether oxygens (including phenoxy) is 1. The summed E-state index contributed by atoms with van der Waals surface area (Å²) in [6, 6.07) is 7.82. The van der Waals surface area contributed by atoms with Crippen molar-refractivity contribution in [2.45, 2.75) is 18.9 Å². The lowest BCUT2D eigenvalue weighted by Crippen LogP contribution is -2.31. The van der Waals surface area contributed by atoms with Gasteiger partial charge < -0.3 is 9.53 Å². The molecule has 0 N–H and O–H groups in total. The zero-order valence-corrected chi connectivity index (χ0v) is 9.87. The molecule has 0 saturated carbocycles. The second-order valence-corrected chi connectivity index (χ2v) is 4.26. The molecule has 3 heteroatoms. The van der Waals surface area contributed by atoms with E-state index in [1.807, 2.05) is 24.3 Å². The second kappa shape index (κ2) is 4.71. The van der Waals surface area contributed by atoms with Crippen LogP contribution in [0.4, 0.5) is 0 Å². The number of methoxy groups -OCH3 is 1. The van der Waals surface area contributed by atoms with Crippen LogP contribution >= 0.6 is 15.9 Å². The molecule has 1 atom stereocenters. The largest absolute Gasteiger partial charge is 0.371 e. The summed E-state index contributed by atoms with van der Waals surface area (Å²) in [6.45, 7) is 1.78. The Balaban J connectivity index is 2.87. The van der Waals surface area contributed by atoms with Crippen LogP contribution in [0.1, 0.15) is 12.5 Å². The molecule has 1 aromatic carbocycles. The van der Waals surface area contributed by atoms with Gasteiger partial charge in [-0.25, -0.2) is 0 Å². The van der Waals surface area contributed by atoms with E-state index in [-0.39, 0.29) is 0 Å². The van der Waals surface area contributed by atoms with Crippen molar-refractivity contribution >= 4 is 22.2 Å². The van der Waals surface area contributed by atoms with Gasteiger partial charge >= 0.3 is 0 Å². The average molecular weight is 257 g/mol. The maximum atomic E-state index is 10.8. The molecule has 0 saturated heterocycles. The summed E-state index contributed by atoms with van der Waals surface area (Å²) < 4.78 is 6.16. The molecule has 1 rings (SSSR count). The Morgan fingerprint density at radius 2 is 2.14 bits per heavy atom. The molecule has 0 aliphatic heterocycles. The molecule has 0 aliphatic rings. The molecule has 2 nitrogen and oxygen atoms in total. The van der Waals surface area contributed by atoms with Crippen molar-refractivity contribution in [1.29, 1.82) is 0 Å². The van der Waals surface area contributed by atoms with Crippen molar-refractivity contribution in [3.8, 4) is 0 Å². The summed E-state index contributed by atoms with van der Waals surface area (Å²) in [5.41, 5.74) is 0.341. The number of hydrogen-bond donors (Lipinski definition) is 0. The SMILES string of the molecule is COC(C)(C=O)Cc1ccccc1Br. The molecule has 0 amide bonds. The molecule has 14 heavy (non-hydrogen) atoms. The molecule has 1 unspecified atom stereocenters. The number of carbonyl (C=O) groups is 1. The highest BCUT2D eigenvalue weighted by Crippen LogP contribution is 2.22. The van der Waals surface area contributed by atoms with Gasteiger partial charge in [0.25, 0.3) is 0 Å². The summed E-state index contributed by atoms with van der Waals surface area (Å²) in [5.74, 6) is 0. The van der Waals surface area contributed by atoms with Crippen LogP contribution in [-0.2, 0) is 16.0 Å². The van der Waals surface area contributed by atoms with Crippen LogP contribution in [0.2, 0.25) is 0 Å². The van der Waals surface area contributed by atoms with Gasteiger partial charge in [0.15, 0.2) is 6.29 Å². The summed E-state index contributed by atoms with van der Waals surface area (Å²) in [6.07, 6.45) is 1.42. The van der Waals surface area contributed by atoms with Crippen molar-refractivity contribution in [2.24, 2.45) is 0 Å². The fourth-order valence-electron chi connectivity index (χ4n) is 1.18. The quantitative estimate of drug-likeness (QED) is 0.775. The number of rotatable bonds is 4. The Morgan fingerprint density at radius 1 is 1.50 bits per heavy atom. The highest BCUT2D eigenvalue weighted by molar-refractivity contribution is 9.10. The van der Waals surface area contributed by atoms with Crippen LogP contribution < -0.4 is 0 Å². The molecule has 76 valence electrons. The van der Waals surface area contributed by atoms with Gasteiger partial charge in [0.05, 0.1) is 0 Å². The molecule has 0 aromatic heterocycles. The molecule has 0 bridgehead atoms. The number of hydrogen-bond acceptors (Lipinski definition) is 2. The van der Waals surface area contributed by atoms with Gasteiger partial charge in [0.2, 0.25) is 0 Å². The number of benzene rings is 1. The third kappa shape index (κ3) is 2.66. The van der Waals surface area contributed by atoms with Crippen LogP contribution in [0.25, 0.3) is 0 Å². The van der Waals surface area contributed by atoms with E-state index in [4.69, 9.17) is 4.74 Å². The fourth-order valence-corrected chi connectivity index (χ4v) is 1.61. The lowest BCUT2D eigenvalue weighted by atomic mass is 9.98. The van der Waals surface area contributed by atoms with E-state index in [9.17, 15) is 4.79 Å². The lowest BCUT2D eigenvalue weighted by Gasteiger charge is -2.21. The minimum atomic E-state index is -0.732. The van der Waals surface area contributed by atoms with Gasteiger partial charge in [-0.3, -0.25) is 0 Å². The summed E-state index contributed by atoms with van der Waals surface area (Å²) in [7, 11) is 1.55. The Kier molecular flexibility index (Phi) is 3.84. The van der Waals surface area contributed by atoms with Gasteiger partial charge in [-0.05, 0) is 18.6 Å². The highest BCUT2D eigenvalue weighted by atomic mass is 79.9. The van der Waals surface area contributed by atoms with Gasteiger partial charge in [-0.15, -0.1) is 0 Å². The molecule has 0 fully saturated rings. The van der Waals surface area contributed by atoms with Crippen molar-refractivity contribution < 1.29 is 9.53 Å². The fraction of sp³-hybridized carbons (Fsp3) is 0.364. The third-order valence-corrected chi connectivity index (χ3v) is 2.99. The van der Waals surface area contributed by atoms with Crippen LogP contribution in [0.5, 0.6) is 0 Å². The van der Waals surface area contributed by atoms with E-state index in [1.165, 1.54) is 0 Å². The van der Waals surface area contributed by atoms with Crippen molar-refractivity contribution in [3.05, 3.63) is 34.3 Å². The first-order valence-corrected chi connectivity index (χ1v) is 5.15. The van der Waals surface area contributed by atoms with E-state index in [1.54, 1.807) is 14.0 Å².